The molecule has 1 aliphatic carbocycles. The van der Waals surface area contributed by atoms with Crippen molar-refractivity contribution in [2.24, 2.45) is 5.41 Å². The average molecular weight is 182 g/mol. The number of ether oxygens (including phenoxy) is 1. The van der Waals surface area contributed by atoms with Gasteiger partial charge >= 0.3 is 0 Å². The molecule has 1 atom stereocenters. The molecule has 4 nitrogen and oxygen atoms in total. The molecule has 4 heteroatoms. The van der Waals surface area contributed by atoms with Crippen LogP contribution in [0.15, 0.2) is 4.52 Å². The van der Waals surface area contributed by atoms with Gasteiger partial charge in [0.25, 0.3) is 0 Å². The Morgan fingerprint density at radius 1 is 1.62 bits per heavy atom. The molecule has 0 amide bonds. The fourth-order valence-electron chi connectivity index (χ4n) is 1.49. The zero-order valence-electron chi connectivity index (χ0n) is 8.20. The van der Waals surface area contributed by atoms with Gasteiger partial charge in [0.1, 0.15) is 6.61 Å². The molecule has 0 saturated heterocycles. The van der Waals surface area contributed by atoms with E-state index in [9.17, 15) is 0 Å². The van der Waals surface area contributed by atoms with Crippen LogP contribution in [-0.4, -0.2) is 17.3 Å². The second kappa shape index (κ2) is 2.80. The van der Waals surface area contributed by atoms with Gasteiger partial charge in [-0.2, -0.15) is 4.98 Å². The molecule has 2 rings (SSSR count). The van der Waals surface area contributed by atoms with E-state index in [1.807, 2.05) is 0 Å². The molecule has 1 aliphatic rings. The molecule has 1 aromatic rings. The third kappa shape index (κ3) is 1.58. The van der Waals surface area contributed by atoms with E-state index < -0.39 is 0 Å². The third-order valence-electron chi connectivity index (χ3n) is 2.57. The van der Waals surface area contributed by atoms with Crippen molar-refractivity contribution in [3.05, 3.63) is 11.7 Å². The van der Waals surface area contributed by atoms with Gasteiger partial charge in [-0.25, -0.2) is 0 Å². The molecule has 1 heterocycles. The van der Waals surface area contributed by atoms with Crippen LogP contribution >= 0.6 is 0 Å². The standard InChI is InChI=1S/C9H14N2O2/c1-9(2)4-6(9)8-10-7(5-12-3)11-13-8/h6H,4-5H2,1-3H3/t6-/m1/s1. The second-order valence-electron chi connectivity index (χ2n) is 4.23. The van der Waals surface area contributed by atoms with Crippen molar-refractivity contribution in [3.8, 4) is 0 Å². The van der Waals surface area contributed by atoms with Gasteiger partial charge in [-0.1, -0.05) is 19.0 Å². The van der Waals surface area contributed by atoms with E-state index in [0.717, 1.165) is 12.3 Å². The molecule has 1 aromatic heterocycles. The van der Waals surface area contributed by atoms with Crippen LogP contribution in [0.1, 0.15) is 37.9 Å². The molecule has 0 spiro atoms. The lowest BCUT2D eigenvalue weighted by Crippen LogP contribution is -1.92. The van der Waals surface area contributed by atoms with Crippen molar-refractivity contribution in [2.75, 3.05) is 7.11 Å². The Kier molecular flexibility index (Phi) is 1.87. The van der Waals surface area contributed by atoms with Crippen molar-refractivity contribution in [1.29, 1.82) is 0 Å². The normalized spacial score (nSPS) is 24.7. The predicted octanol–water partition coefficient (Wildman–Crippen LogP) is 1.73. The zero-order chi connectivity index (χ0) is 9.47. The Morgan fingerprint density at radius 3 is 2.85 bits per heavy atom. The predicted molar refractivity (Wildman–Crippen MR) is 46.2 cm³/mol. The van der Waals surface area contributed by atoms with Gasteiger partial charge in [-0.05, 0) is 11.8 Å². The molecule has 0 aliphatic heterocycles. The third-order valence-corrected chi connectivity index (χ3v) is 2.57. The first kappa shape index (κ1) is 8.69. The average Bonchev–Trinajstić information content (AvgIpc) is 2.52. The van der Waals surface area contributed by atoms with Gasteiger partial charge < -0.3 is 9.26 Å². The van der Waals surface area contributed by atoms with E-state index in [1.165, 1.54) is 0 Å². The van der Waals surface area contributed by atoms with Crippen molar-refractivity contribution in [1.82, 2.24) is 10.1 Å². The highest BCUT2D eigenvalue weighted by molar-refractivity contribution is 5.12. The second-order valence-corrected chi connectivity index (χ2v) is 4.23. The lowest BCUT2D eigenvalue weighted by Gasteiger charge is -1.95. The Morgan fingerprint density at radius 2 is 2.31 bits per heavy atom. The first-order valence-corrected chi connectivity index (χ1v) is 4.45. The minimum atomic E-state index is 0.344. The summed E-state index contributed by atoms with van der Waals surface area (Å²) in [5.41, 5.74) is 0.344. The summed E-state index contributed by atoms with van der Waals surface area (Å²) in [6, 6.07) is 0. The largest absolute Gasteiger partial charge is 0.377 e. The lowest BCUT2D eigenvalue weighted by molar-refractivity contribution is 0.174. The Bertz CT molecular complexity index is 306. The fourth-order valence-corrected chi connectivity index (χ4v) is 1.49. The summed E-state index contributed by atoms with van der Waals surface area (Å²) in [7, 11) is 1.62. The molecule has 0 bridgehead atoms. The maximum atomic E-state index is 5.14. The number of aromatic nitrogens is 2. The van der Waals surface area contributed by atoms with Crippen molar-refractivity contribution >= 4 is 0 Å². The van der Waals surface area contributed by atoms with Crippen molar-refractivity contribution < 1.29 is 9.26 Å². The fraction of sp³-hybridized carbons (Fsp3) is 0.778. The smallest absolute Gasteiger partial charge is 0.230 e. The van der Waals surface area contributed by atoms with Gasteiger partial charge in [-0.3, -0.25) is 0 Å². The molecule has 0 radical (unpaired) electrons. The highest BCUT2D eigenvalue weighted by atomic mass is 16.5. The first-order chi connectivity index (χ1) is 6.13. The van der Waals surface area contributed by atoms with Crippen LogP contribution in [0.3, 0.4) is 0 Å². The summed E-state index contributed by atoms with van der Waals surface area (Å²) in [4.78, 5) is 4.25. The summed E-state index contributed by atoms with van der Waals surface area (Å²) >= 11 is 0. The van der Waals surface area contributed by atoms with E-state index in [1.54, 1.807) is 7.11 Å². The minimum Gasteiger partial charge on any atom is -0.377 e. The molecular formula is C9H14N2O2. The number of methoxy groups -OCH3 is 1. The summed E-state index contributed by atoms with van der Waals surface area (Å²) in [5.74, 6) is 1.85. The highest BCUT2D eigenvalue weighted by Crippen LogP contribution is 2.57. The highest BCUT2D eigenvalue weighted by Gasteiger charge is 2.50. The van der Waals surface area contributed by atoms with Crippen LogP contribution in [0.25, 0.3) is 0 Å². The molecule has 1 fully saturated rings. The molecular weight excluding hydrogens is 168 g/mol. The minimum absolute atomic E-state index is 0.344. The first-order valence-electron chi connectivity index (χ1n) is 4.45. The lowest BCUT2D eigenvalue weighted by atomic mass is 10.1. The number of rotatable bonds is 3. The van der Waals surface area contributed by atoms with E-state index >= 15 is 0 Å². The van der Waals surface area contributed by atoms with Gasteiger partial charge in [-0.15, -0.1) is 0 Å². The summed E-state index contributed by atoms with van der Waals surface area (Å²) in [6.07, 6.45) is 1.14. The molecule has 1 saturated carbocycles. The Labute approximate surface area is 77.3 Å². The Hall–Kier alpha value is -0.900. The summed E-state index contributed by atoms with van der Waals surface area (Å²) in [5, 5.41) is 3.82. The number of nitrogens with zero attached hydrogens (tertiary/aromatic N) is 2. The molecule has 72 valence electrons. The van der Waals surface area contributed by atoms with E-state index in [4.69, 9.17) is 9.26 Å². The maximum absolute atomic E-state index is 5.14. The molecule has 0 N–H and O–H groups in total. The van der Waals surface area contributed by atoms with Crippen LogP contribution in [0.5, 0.6) is 0 Å². The topological polar surface area (TPSA) is 48.2 Å². The zero-order valence-corrected chi connectivity index (χ0v) is 8.20. The summed E-state index contributed by atoms with van der Waals surface area (Å²) < 4.78 is 10.0. The van der Waals surface area contributed by atoms with Crippen molar-refractivity contribution in [3.63, 3.8) is 0 Å². The van der Waals surface area contributed by atoms with Gasteiger partial charge in [0.15, 0.2) is 5.82 Å². The van der Waals surface area contributed by atoms with Crippen LogP contribution in [0, 0.1) is 5.41 Å². The van der Waals surface area contributed by atoms with E-state index in [0.29, 0.717) is 23.8 Å². The van der Waals surface area contributed by atoms with Crippen molar-refractivity contribution in [2.45, 2.75) is 32.8 Å². The van der Waals surface area contributed by atoms with Crippen LogP contribution in [-0.2, 0) is 11.3 Å². The van der Waals surface area contributed by atoms with E-state index in [2.05, 4.69) is 24.0 Å². The molecule has 13 heavy (non-hydrogen) atoms. The Balaban J connectivity index is 2.07. The SMILES string of the molecule is COCc1noc([C@H]2CC2(C)C)n1. The monoisotopic (exact) mass is 182 g/mol. The van der Waals surface area contributed by atoms with Gasteiger partial charge in [0.2, 0.25) is 5.89 Å². The van der Waals surface area contributed by atoms with Gasteiger partial charge in [0.05, 0.1) is 0 Å². The molecule has 0 aromatic carbocycles. The number of hydrogen-bond donors (Lipinski definition) is 0. The van der Waals surface area contributed by atoms with Crippen LogP contribution in [0.4, 0.5) is 0 Å². The number of hydrogen-bond acceptors (Lipinski definition) is 4. The summed E-state index contributed by atoms with van der Waals surface area (Å²) in [6.45, 7) is 4.84. The molecule has 0 unspecified atom stereocenters. The quantitative estimate of drug-likeness (QED) is 0.714. The van der Waals surface area contributed by atoms with Gasteiger partial charge in [0, 0.05) is 13.0 Å². The maximum Gasteiger partial charge on any atom is 0.230 e. The van der Waals surface area contributed by atoms with Crippen LogP contribution < -0.4 is 0 Å². The van der Waals surface area contributed by atoms with E-state index in [-0.39, 0.29) is 0 Å². The van der Waals surface area contributed by atoms with Crippen LogP contribution in [0.2, 0.25) is 0 Å².